The normalized spacial score (nSPS) is 35.0. The Balaban J connectivity index is 1.91. The maximum atomic E-state index is 11.3. The van der Waals surface area contributed by atoms with Crippen LogP contribution in [0.4, 0.5) is 0 Å². The number of halogens is 1. The average Bonchev–Trinajstić information content (AvgIpc) is 2.41. The number of nitrogens with one attached hydrogen (secondary N) is 1. The van der Waals surface area contributed by atoms with Crippen molar-refractivity contribution in [1.82, 2.24) is 10.2 Å². The highest BCUT2D eigenvalue weighted by Crippen LogP contribution is 2.31. The van der Waals surface area contributed by atoms with Crippen molar-refractivity contribution in [3.05, 3.63) is 0 Å². The van der Waals surface area contributed by atoms with E-state index in [2.05, 4.69) is 17.1 Å². The van der Waals surface area contributed by atoms with Crippen LogP contribution < -0.4 is 5.32 Å². The molecule has 0 heterocycles. The summed E-state index contributed by atoms with van der Waals surface area (Å²) in [6, 6.07) is 1.73. The second-order valence-electron chi connectivity index (χ2n) is 6.45. The highest BCUT2D eigenvalue weighted by atomic mass is 35.5. The second kappa shape index (κ2) is 7.65. The van der Waals surface area contributed by atoms with Gasteiger partial charge in [0.05, 0.1) is 0 Å². The molecule has 116 valence electrons. The molecule has 2 atom stereocenters. The van der Waals surface area contributed by atoms with Crippen molar-refractivity contribution in [3.63, 3.8) is 0 Å². The molecule has 2 fully saturated rings. The summed E-state index contributed by atoms with van der Waals surface area (Å²) >= 11 is 6.23. The molecule has 20 heavy (non-hydrogen) atoms. The Morgan fingerprint density at radius 3 is 2.45 bits per heavy atom. The van der Waals surface area contributed by atoms with Gasteiger partial charge in [0.2, 0.25) is 5.91 Å². The molecule has 0 aromatic heterocycles. The van der Waals surface area contributed by atoms with Gasteiger partial charge in [-0.15, -0.1) is 11.6 Å². The first kappa shape index (κ1) is 16.1. The number of hydrogen-bond donors (Lipinski definition) is 1. The van der Waals surface area contributed by atoms with Gasteiger partial charge in [0.25, 0.3) is 0 Å². The van der Waals surface area contributed by atoms with Crippen molar-refractivity contribution in [2.75, 3.05) is 6.54 Å². The van der Waals surface area contributed by atoms with Gasteiger partial charge in [0.1, 0.15) is 0 Å². The molecule has 1 amide bonds. The topological polar surface area (TPSA) is 32.3 Å². The first-order valence-electron chi connectivity index (χ1n) is 8.27. The molecule has 0 bridgehead atoms. The Morgan fingerprint density at radius 2 is 1.85 bits per heavy atom. The van der Waals surface area contributed by atoms with Crippen LogP contribution in [0.3, 0.4) is 0 Å². The molecule has 2 rings (SSSR count). The number of alkyl halides is 1. The zero-order chi connectivity index (χ0) is 14.5. The second-order valence-corrected chi connectivity index (χ2v) is 7.07. The zero-order valence-corrected chi connectivity index (χ0v) is 13.7. The van der Waals surface area contributed by atoms with E-state index in [1.165, 1.54) is 25.7 Å². The predicted octanol–water partition coefficient (Wildman–Crippen LogP) is 3.31. The summed E-state index contributed by atoms with van der Waals surface area (Å²) in [4.78, 5) is 13.9. The highest BCUT2D eigenvalue weighted by Gasteiger charge is 2.32. The molecule has 0 radical (unpaired) electrons. The molecule has 0 aromatic rings. The van der Waals surface area contributed by atoms with Crippen LogP contribution in [0.25, 0.3) is 0 Å². The quantitative estimate of drug-likeness (QED) is 0.808. The summed E-state index contributed by atoms with van der Waals surface area (Å²) in [6.07, 6.45) is 9.57. The Hall–Kier alpha value is -0.280. The minimum Gasteiger partial charge on any atom is -0.354 e. The summed E-state index contributed by atoms with van der Waals surface area (Å²) in [6.45, 7) is 5.02. The number of nitrogens with zero attached hydrogens (tertiary/aromatic N) is 1. The molecule has 4 heteroatoms. The smallest absolute Gasteiger partial charge is 0.217 e. The van der Waals surface area contributed by atoms with E-state index in [9.17, 15) is 4.79 Å². The van der Waals surface area contributed by atoms with E-state index in [4.69, 9.17) is 11.6 Å². The van der Waals surface area contributed by atoms with Gasteiger partial charge in [0.15, 0.2) is 0 Å². The Morgan fingerprint density at radius 1 is 1.15 bits per heavy atom. The van der Waals surface area contributed by atoms with E-state index in [0.29, 0.717) is 23.5 Å². The minimum absolute atomic E-state index is 0.112. The summed E-state index contributed by atoms with van der Waals surface area (Å²) in [5.74, 6) is 0.112. The number of rotatable bonds is 4. The van der Waals surface area contributed by atoms with Crippen molar-refractivity contribution in [3.8, 4) is 0 Å². The van der Waals surface area contributed by atoms with Gasteiger partial charge in [0, 0.05) is 30.4 Å². The number of hydrogen-bond acceptors (Lipinski definition) is 2. The van der Waals surface area contributed by atoms with Crippen molar-refractivity contribution in [2.45, 2.75) is 88.7 Å². The molecular weight excluding hydrogens is 272 g/mol. The first-order valence-corrected chi connectivity index (χ1v) is 8.70. The third kappa shape index (κ3) is 4.36. The molecule has 0 aromatic carbocycles. The molecule has 2 aliphatic rings. The zero-order valence-electron chi connectivity index (χ0n) is 12.9. The van der Waals surface area contributed by atoms with Gasteiger partial charge in [-0.3, -0.25) is 9.69 Å². The average molecular weight is 301 g/mol. The summed E-state index contributed by atoms with van der Waals surface area (Å²) in [7, 11) is 0. The first-order chi connectivity index (χ1) is 9.60. The highest BCUT2D eigenvalue weighted by molar-refractivity contribution is 6.20. The van der Waals surface area contributed by atoms with Crippen LogP contribution in [-0.2, 0) is 4.79 Å². The lowest BCUT2D eigenvalue weighted by Gasteiger charge is -2.43. The lowest BCUT2D eigenvalue weighted by atomic mass is 9.86. The summed E-state index contributed by atoms with van der Waals surface area (Å²) in [5, 5.41) is 3.51. The molecular formula is C16H29ClN2O. The molecule has 2 aliphatic carbocycles. The van der Waals surface area contributed by atoms with Gasteiger partial charge in [-0.1, -0.05) is 6.92 Å². The minimum atomic E-state index is 0.112. The van der Waals surface area contributed by atoms with E-state index in [1.807, 2.05) is 0 Å². The monoisotopic (exact) mass is 300 g/mol. The lowest BCUT2D eigenvalue weighted by Crippen LogP contribution is -2.50. The van der Waals surface area contributed by atoms with Gasteiger partial charge < -0.3 is 5.32 Å². The third-order valence-electron chi connectivity index (χ3n) is 4.98. The van der Waals surface area contributed by atoms with Crippen LogP contribution in [-0.4, -0.2) is 40.9 Å². The maximum absolute atomic E-state index is 11.3. The predicted molar refractivity (Wildman–Crippen MR) is 84.1 cm³/mol. The largest absolute Gasteiger partial charge is 0.354 e. The standard InChI is InChI=1S/C16H29ClN2O/c1-3-19(15-9-7-13(17)8-10-15)16-6-4-5-14(11-16)18-12(2)20/h13-16H,3-11H2,1-2H3,(H,18,20). The Labute approximate surface area is 128 Å². The van der Waals surface area contributed by atoms with Gasteiger partial charge >= 0.3 is 0 Å². The van der Waals surface area contributed by atoms with Gasteiger partial charge in [-0.05, 0) is 57.9 Å². The van der Waals surface area contributed by atoms with Crippen LogP contribution in [0, 0.1) is 0 Å². The van der Waals surface area contributed by atoms with E-state index in [0.717, 1.165) is 32.2 Å². The van der Waals surface area contributed by atoms with Crippen LogP contribution in [0.2, 0.25) is 0 Å². The lowest BCUT2D eigenvalue weighted by molar-refractivity contribution is -0.120. The van der Waals surface area contributed by atoms with Crippen LogP contribution in [0.5, 0.6) is 0 Å². The van der Waals surface area contributed by atoms with Crippen LogP contribution in [0.1, 0.15) is 65.2 Å². The Bertz CT molecular complexity index is 316. The van der Waals surface area contributed by atoms with Crippen molar-refractivity contribution in [2.24, 2.45) is 0 Å². The van der Waals surface area contributed by atoms with Crippen molar-refractivity contribution >= 4 is 17.5 Å². The number of amides is 1. The molecule has 0 saturated heterocycles. The Kier molecular flexibility index (Phi) is 6.16. The molecule has 0 aliphatic heterocycles. The summed E-state index contributed by atoms with van der Waals surface area (Å²) in [5.41, 5.74) is 0. The SMILES string of the molecule is CCN(C1CCC(Cl)CC1)C1CCCC(NC(C)=O)C1. The van der Waals surface area contributed by atoms with Gasteiger partial charge in [-0.25, -0.2) is 0 Å². The number of carbonyl (C=O) groups is 1. The fourth-order valence-corrected chi connectivity index (χ4v) is 4.32. The molecule has 2 unspecified atom stereocenters. The maximum Gasteiger partial charge on any atom is 0.217 e. The van der Waals surface area contributed by atoms with Crippen LogP contribution in [0.15, 0.2) is 0 Å². The van der Waals surface area contributed by atoms with E-state index in [1.54, 1.807) is 6.92 Å². The van der Waals surface area contributed by atoms with E-state index < -0.39 is 0 Å². The fraction of sp³-hybridized carbons (Fsp3) is 0.938. The molecule has 1 N–H and O–H groups in total. The van der Waals surface area contributed by atoms with E-state index >= 15 is 0 Å². The van der Waals surface area contributed by atoms with Crippen molar-refractivity contribution < 1.29 is 4.79 Å². The molecule has 0 spiro atoms. The fourth-order valence-electron chi connectivity index (χ4n) is 4.07. The van der Waals surface area contributed by atoms with E-state index in [-0.39, 0.29) is 5.91 Å². The molecule has 3 nitrogen and oxygen atoms in total. The number of carbonyl (C=O) groups excluding carboxylic acids is 1. The van der Waals surface area contributed by atoms with Crippen molar-refractivity contribution in [1.29, 1.82) is 0 Å². The third-order valence-corrected chi connectivity index (χ3v) is 5.42. The van der Waals surface area contributed by atoms with Crippen LogP contribution >= 0.6 is 11.6 Å². The summed E-state index contributed by atoms with van der Waals surface area (Å²) < 4.78 is 0. The molecule has 2 saturated carbocycles. The van der Waals surface area contributed by atoms with Gasteiger partial charge in [-0.2, -0.15) is 0 Å².